The zero-order chi connectivity index (χ0) is 20.4. The molecule has 0 fully saturated rings. The SMILES string of the molecule is Cc1cccc(CC(=O)N(Cc2ccccc2)c2nc3c(C)ccc(Cl)c3s2)c1. The van der Waals surface area contributed by atoms with Crippen molar-refractivity contribution in [2.75, 3.05) is 4.90 Å². The average molecular weight is 421 g/mol. The van der Waals surface area contributed by atoms with E-state index in [1.54, 1.807) is 4.90 Å². The quantitative estimate of drug-likeness (QED) is 0.377. The average Bonchev–Trinajstić information content (AvgIpc) is 3.16. The Morgan fingerprint density at radius 3 is 2.48 bits per heavy atom. The molecular formula is C24H21ClN2OS. The van der Waals surface area contributed by atoms with E-state index in [1.807, 2.05) is 74.5 Å². The number of amides is 1. The van der Waals surface area contributed by atoms with Crippen molar-refractivity contribution in [3.8, 4) is 0 Å². The summed E-state index contributed by atoms with van der Waals surface area (Å²) in [4.78, 5) is 19.9. The molecule has 146 valence electrons. The third kappa shape index (κ3) is 4.34. The summed E-state index contributed by atoms with van der Waals surface area (Å²) >= 11 is 7.87. The van der Waals surface area contributed by atoms with Gasteiger partial charge in [-0.3, -0.25) is 9.69 Å². The second-order valence-electron chi connectivity index (χ2n) is 7.17. The molecule has 0 N–H and O–H groups in total. The third-order valence-electron chi connectivity index (χ3n) is 4.84. The van der Waals surface area contributed by atoms with Gasteiger partial charge in [-0.25, -0.2) is 4.98 Å². The second-order valence-corrected chi connectivity index (χ2v) is 8.55. The summed E-state index contributed by atoms with van der Waals surface area (Å²) in [7, 11) is 0. The van der Waals surface area contributed by atoms with Crippen LogP contribution in [0.4, 0.5) is 5.13 Å². The number of rotatable bonds is 5. The van der Waals surface area contributed by atoms with Crippen molar-refractivity contribution in [2.45, 2.75) is 26.8 Å². The van der Waals surface area contributed by atoms with Gasteiger partial charge in [-0.1, -0.05) is 89.2 Å². The number of halogens is 1. The smallest absolute Gasteiger partial charge is 0.233 e. The molecule has 4 aromatic rings. The summed E-state index contributed by atoms with van der Waals surface area (Å²) in [5.74, 6) is 0.0206. The zero-order valence-electron chi connectivity index (χ0n) is 16.4. The molecular weight excluding hydrogens is 400 g/mol. The highest BCUT2D eigenvalue weighted by Gasteiger charge is 2.22. The highest BCUT2D eigenvalue weighted by atomic mass is 35.5. The Balaban J connectivity index is 1.73. The Morgan fingerprint density at radius 1 is 1.00 bits per heavy atom. The van der Waals surface area contributed by atoms with E-state index in [2.05, 4.69) is 6.07 Å². The molecule has 1 amide bonds. The van der Waals surface area contributed by atoms with Gasteiger partial charge in [-0.15, -0.1) is 0 Å². The molecule has 0 aliphatic heterocycles. The summed E-state index contributed by atoms with van der Waals surface area (Å²) in [5, 5.41) is 1.35. The number of aromatic nitrogens is 1. The van der Waals surface area contributed by atoms with Gasteiger partial charge in [-0.2, -0.15) is 0 Å². The lowest BCUT2D eigenvalue weighted by Gasteiger charge is -2.20. The second kappa shape index (κ2) is 8.36. The number of hydrogen-bond acceptors (Lipinski definition) is 3. The van der Waals surface area contributed by atoms with Crippen LogP contribution in [-0.4, -0.2) is 10.9 Å². The molecule has 0 bridgehead atoms. The Bertz CT molecular complexity index is 1130. The first kappa shape index (κ1) is 19.6. The fourth-order valence-corrected chi connectivity index (χ4v) is 4.66. The van der Waals surface area contributed by atoms with Crippen molar-refractivity contribution in [2.24, 2.45) is 0 Å². The van der Waals surface area contributed by atoms with Gasteiger partial charge in [0.1, 0.15) is 0 Å². The molecule has 0 saturated carbocycles. The molecule has 0 saturated heterocycles. The lowest BCUT2D eigenvalue weighted by Crippen LogP contribution is -2.31. The van der Waals surface area contributed by atoms with Crippen molar-refractivity contribution in [1.29, 1.82) is 0 Å². The molecule has 4 rings (SSSR count). The van der Waals surface area contributed by atoms with Crippen LogP contribution in [0.5, 0.6) is 0 Å². The third-order valence-corrected chi connectivity index (χ3v) is 6.38. The number of carbonyl (C=O) groups excluding carboxylic acids is 1. The Hall–Kier alpha value is -2.69. The van der Waals surface area contributed by atoms with E-state index in [9.17, 15) is 4.79 Å². The van der Waals surface area contributed by atoms with Gasteiger partial charge < -0.3 is 0 Å². The van der Waals surface area contributed by atoms with E-state index < -0.39 is 0 Å². The molecule has 29 heavy (non-hydrogen) atoms. The molecule has 3 aromatic carbocycles. The summed E-state index contributed by atoms with van der Waals surface area (Å²) in [6, 6.07) is 21.9. The Kier molecular flexibility index (Phi) is 5.65. The van der Waals surface area contributed by atoms with Crippen molar-refractivity contribution >= 4 is 44.2 Å². The molecule has 0 aliphatic carbocycles. The van der Waals surface area contributed by atoms with Crippen molar-refractivity contribution < 1.29 is 4.79 Å². The van der Waals surface area contributed by atoms with Gasteiger partial charge in [0.05, 0.1) is 28.2 Å². The van der Waals surface area contributed by atoms with Crippen LogP contribution in [-0.2, 0) is 17.8 Å². The van der Waals surface area contributed by atoms with Crippen LogP contribution < -0.4 is 4.90 Å². The minimum atomic E-state index is 0.0206. The largest absolute Gasteiger partial charge is 0.283 e. The summed E-state index contributed by atoms with van der Waals surface area (Å²) in [5.41, 5.74) is 5.12. The van der Waals surface area contributed by atoms with Crippen LogP contribution in [0.15, 0.2) is 66.7 Å². The Labute approximate surface area is 179 Å². The van der Waals surface area contributed by atoms with E-state index >= 15 is 0 Å². The molecule has 0 radical (unpaired) electrons. The highest BCUT2D eigenvalue weighted by molar-refractivity contribution is 7.23. The number of aryl methyl sites for hydroxylation is 2. The number of anilines is 1. The van der Waals surface area contributed by atoms with Gasteiger partial charge in [-0.05, 0) is 36.6 Å². The van der Waals surface area contributed by atoms with E-state index in [1.165, 1.54) is 11.3 Å². The van der Waals surface area contributed by atoms with E-state index in [0.717, 1.165) is 32.5 Å². The standard InChI is InChI=1S/C24H21ClN2OS/c1-16-7-6-10-19(13-16)14-21(28)27(15-18-8-4-3-5-9-18)24-26-22-17(2)11-12-20(25)23(22)29-24/h3-13H,14-15H2,1-2H3. The topological polar surface area (TPSA) is 33.2 Å². The molecule has 0 aliphatic rings. The summed E-state index contributed by atoms with van der Waals surface area (Å²) in [6.45, 7) is 4.52. The molecule has 3 nitrogen and oxygen atoms in total. The maximum atomic E-state index is 13.3. The van der Waals surface area contributed by atoms with Crippen molar-refractivity contribution in [1.82, 2.24) is 4.98 Å². The Morgan fingerprint density at radius 2 is 1.76 bits per heavy atom. The van der Waals surface area contributed by atoms with Gasteiger partial charge in [0.25, 0.3) is 0 Å². The lowest BCUT2D eigenvalue weighted by atomic mass is 10.1. The molecule has 0 spiro atoms. The minimum Gasteiger partial charge on any atom is -0.283 e. The molecule has 0 atom stereocenters. The number of nitrogens with zero attached hydrogens (tertiary/aromatic N) is 2. The molecule has 0 unspecified atom stereocenters. The van der Waals surface area contributed by atoms with Crippen LogP contribution in [0.25, 0.3) is 10.2 Å². The number of benzene rings is 3. The predicted molar refractivity (Wildman–Crippen MR) is 122 cm³/mol. The summed E-state index contributed by atoms with van der Waals surface area (Å²) in [6.07, 6.45) is 0.331. The van der Waals surface area contributed by atoms with Gasteiger partial charge in [0.2, 0.25) is 5.91 Å². The summed E-state index contributed by atoms with van der Waals surface area (Å²) < 4.78 is 0.920. The molecule has 5 heteroatoms. The van der Waals surface area contributed by atoms with Crippen LogP contribution >= 0.6 is 22.9 Å². The number of thiazole rings is 1. The van der Waals surface area contributed by atoms with Crippen molar-refractivity contribution in [3.63, 3.8) is 0 Å². The highest BCUT2D eigenvalue weighted by Crippen LogP contribution is 2.36. The zero-order valence-corrected chi connectivity index (χ0v) is 17.9. The number of carbonyl (C=O) groups is 1. The molecule has 1 heterocycles. The van der Waals surface area contributed by atoms with E-state index in [-0.39, 0.29) is 5.91 Å². The normalized spacial score (nSPS) is 11.0. The lowest BCUT2D eigenvalue weighted by molar-refractivity contribution is -0.118. The first-order valence-electron chi connectivity index (χ1n) is 9.47. The van der Waals surface area contributed by atoms with Gasteiger partial charge in [0.15, 0.2) is 5.13 Å². The van der Waals surface area contributed by atoms with Crippen LogP contribution in [0.3, 0.4) is 0 Å². The van der Waals surface area contributed by atoms with Crippen molar-refractivity contribution in [3.05, 3.63) is 94.0 Å². The maximum Gasteiger partial charge on any atom is 0.233 e. The van der Waals surface area contributed by atoms with E-state index in [4.69, 9.17) is 16.6 Å². The monoisotopic (exact) mass is 420 g/mol. The first-order valence-corrected chi connectivity index (χ1v) is 10.7. The first-order chi connectivity index (χ1) is 14.0. The predicted octanol–water partition coefficient (Wildman–Crippen LogP) is 6.34. The van der Waals surface area contributed by atoms with Crippen LogP contribution in [0.2, 0.25) is 5.02 Å². The number of fused-ring (bicyclic) bond motifs is 1. The van der Waals surface area contributed by atoms with E-state index in [0.29, 0.717) is 23.1 Å². The minimum absolute atomic E-state index is 0.0206. The van der Waals surface area contributed by atoms with Gasteiger partial charge in [0, 0.05) is 0 Å². The molecule has 1 aromatic heterocycles. The van der Waals surface area contributed by atoms with Gasteiger partial charge >= 0.3 is 0 Å². The number of hydrogen-bond donors (Lipinski definition) is 0. The maximum absolute atomic E-state index is 13.3. The van der Waals surface area contributed by atoms with Crippen LogP contribution in [0.1, 0.15) is 22.3 Å². The fraction of sp³-hybridized carbons (Fsp3) is 0.167. The van der Waals surface area contributed by atoms with Crippen LogP contribution in [0, 0.1) is 13.8 Å². The fourth-order valence-electron chi connectivity index (χ4n) is 3.33.